The molecule has 0 N–H and O–H groups in total. The number of rotatable bonds is 4. The van der Waals surface area contributed by atoms with Gasteiger partial charge in [-0.25, -0.2) is 0 Å². The van der Waals surface area contributed by atoms with Crippen molar-refractivity contribution < 1.29 is 0 Å². The number of hydrogen-bond donors (Lipinski definition) is 0. The molecule has 0 unspecified atom stereocenters. The first-order valence-corrected chi connectivity index (χ1v) is 7.17. The molecule has 2 rings (SSSR count). The molecule has 0 aromatic heterocycles. The van der Waals surface area contributed by atoms with Gasteiger partial charge in [0.2, 0.25) is 0 Å². The van der Waals surface area contributed by atoms with Crippen LogP contribution in [0.3, 0.4) is 0 Å². The van der Waals surface area contributed by atoms with Crippen LogP contribution in [0.25, 0.3) is 0 Å². The standard InChI is InChI=1S/C16H26N2/c1-5-6-7-17-8-9-18(12-17)16-14(3)10-13(2)11-15(16)4/h10-11H,5-9,12H2,1-4H3. The molecule has 0 atom stereocenters. The second-order valence-corrected chi connectivity index (χ2v) is 5.62. The molecule has 0 aliphatic carbocycles. The third-order valence-corrected chi connectivity index (χ3v) is 3.84. The summed E-state index contributed by atoms with van der Waals surface area (Å²) in [5.74, 6) is 0. The van der Waals surface area contributed by atoms with Crippen molar-refractivity contribution in [1.82, 2.24) is 4.90 Å². The summed E-state index contributed by atoms with van der Waals surface area (Å²) in [6, 6.07) is 4.61. The molecule has 1 aliphatic rings. The lowest BCUT2D eigenvalue weighted by atomic mass is 10.0. The van der Waals surface area contributed by atoms with E-state index in [1.165, 1.54) is 54.9 Å². The molecule has 1 fully saturated rings. The van der Waals surface area contributed by atoms with Gasteiger partial charge in [-0.3, -0.25) is 4.90 Å². The number of hydrogen-bond acceptors (Lipinski definition) is 2. The molecule has 1 aromatic rings. The third kappa shape index (κ3) is 2.86. The highest BCUT2D eigenvalue weighted by molar-refractivity contribution is 5.60. The van der Waals surface area contributed by atoms with Crippen molar-refractivity contribution >= 4 is 5.69 Å². The van der Waals surface area contributed by atoms with E-state index in [2.05, 4.69) is 49.6 Å². The highest BCUT2D eigenvalue weighted by Crippen LogP contribution is 2.28. The summed E-state index contributed by atoms with van der Waals surface area (Å²) in [5.41, 5.74) is 5.67. The van der Waals surface area contributed by atoms with Gasteiger partial charge in [0.1, 0.15) is 0 Å². The Morgan fingerprint density at radius 2 is 1.72 bits per heavy atom. The van der Waals surface area contributed by atoms with Crippen LogP contribution in [0.2, 0.25) is 0 Å². The Morgan fingerprint density at radius 3 is 2.33 bits per heavy atom. The first kappa shape index (κ1) is 13.4. The van der Waals surface area contributed by atoms with Crippen molar-refractivity contribution in [3.05, 3.63) is 28.8 Å². The van der Waals surface area contributed by atoms with Gasteiger partial charge in [0.25, 0.3) is 0 Å². The zero-order valence-electron chi connectivity index (χ0n) is 12.3. The van der Waals surface area contributed by atoms with E-state index in [-0.39, 0.29) is 0 Å². The molecule has 0 spiro atoms. The van der Waals surface area contributed by atoms with Gasteiger partial charge in [-0.05, 0) is 44.9 Å². The first-order valence-electron chi connectivity index (χ1n) is 7.17. The molecule has 0 amide bonds. The molecule has 100 valence electrons. The molecule has 0 saturated carbocycles. The van der Waals surface area contributed by atoms with Crippen molar-refractivity contribution in [2.24, 2.45) is 0 Å². The van der Waals surface area contributed by atoms with E-state index in [1.54, 1.807) is 0 Å². The summed E-state index contributed by atoms with van der Waals surface area (Å²) < 4.78 is 0. The summed E-state index contributed by atoms with van der Waals surface area (Å²) in [7, 11) is 0. The second-order valence-electron chi connectivity index (χ2n) is 5.62. The van der Waals surface area contributed by atoms with Gasteiger partial charge < -0.3 is 4.90 Å². The SMILES string of the molecule is CCCCN1CCN(c2c(C)cc(C)cc2C)C1. The molecule has 2 nitrogen and oxygen atoms in total. The maximum Gasteiger partial charge on any atom is 0.0708 e. The fourth-order valence-electron chi connectivity index (χ4n) is 3.06. The van der Waals surface area contributed by atoms with Crippen LogP contribution in [-0.2, 0) is 0 Å². The van der Waals surface area contributed by atoms with E-state index in [0.717, 1.165) is 6.67 Å². The number of anilines is 1. The fraction of sp³-hybridized carbons (Fsp3) is 0.625. The number of aryl methyl sites for hydroxylation is 3. The molecule has 1 saturated heterocycles. The van der Waals surface area contributed by atoms with E-state index in [1.807, 2.05) is 0 Å². The zero-order valence-corrected chi connectivity index (χ0v) is 12.3. The molecule has 18 heavy (non-hydrogen) atoms. The van der Waals surface area contributed by atoms with Crippen LogP contribution in [0.5, 0.6) is 0 Å². The van der Waals surface area contributed by atoms with Gasteiger partial charge in [-0.1, -0.05) is 31.0 Å². The summed E-state index contributed by atoms with van der Waals surface area (Å²) in [5, 5.41) is 0. The van der Waals surface area contributed by atoms with E-state index < -0.39 is 0 Å². The number of nitrogens with zero attached hydrogens (tertiary/aromatic N) is 2. The third-order valence-electron chi connectivity index (χ3n) is 3.84. The van der Waals surface area contributed by atoms with Gasteiger partial charge in [-0.15, -0.1) is 0 Å². The average Bonchev–Trinajstić information content (AvgIpc) is 2.73. The van der Waals surface area contributed by atoms with E-state index in [0.29, 0.717) is 0 Å². The van der Waals surface area contributed by atoms with E-state index >= 15 is 0 Å². The van der Waals surface area contributed by atoms with Crippen LogP contribution in [0.1, 0.15) is 36.5 Å². The molecular formula is C16H26N2. The lowest BCUT2D eigenvalue weighted by Gasteiger charge is -2.24. The van der Waals surface area contributed by atoms with Crippen LogP contribution in [0.15, 0.2) is 12.1 Å². The van der Waals surface area contributed by atoms with Crippen molar-refractivity contribution in [3.63, 3.8) is 0 Å². The molecular weight excluding hydrogens is 220 g/mol. The summed E-state index contributed by atoms with van der Waals surface area (Å²) in [4.78, 5) is 5.11. The molecule has 0 bridgehead atoms. The number of benzene rings is 1. The normalized spacial score (nSPS) is 16.6. The zero-order chi connectivity index (χ0) is 13.1. The molecule has 1 heterocycles. The van der Waals surface area contributed by atoms with Crippen molar-refractivity contribution in [2.45, 2.75) is 40.5 Å². The maximum atomic E-state index is 2.57. The van der Waals surface area contributed by atoms with Crippen LogP contribution in [0, 0.1) is 20.8 Å². The van der Waals surface area contributed by atoms with E-state index in [9.17, 15) is 0 Å². The minimum Gasteiger partial charge on any atom is -0.357 e. The van der Waals surface area contributed by atoms with Crippen molar-refractivity contribution in [2.75, 3.05) is 31.2 Å². The highest BCUT2D eigenvalue weighted by Gasteiger charge is 2.21. The van der Waals surface area contributed by atoms with Crippen LogP contribution in [0.4, 0.5) is 5.69 Å². The minimum atomic E-state index is 1.10. The summed E-state index contributed by atoms with van der Waals surface area (Å²) in [6.45, 7) is 13.7. The Balaban J connectivity index is 2.09. The van der Waals surface area contributed by atoms with Gasteiger partial charge in [0.05, 0.1) is 6.67 Å². The largest absolute Gasteiger partial charge is 0.357 e. The second kappa shape index (κ2) is 5.75. The minimum absolute atomic E-state index is 1.10. The summed E-state index contributed by atoms with van der Waals surface area (Å²) >= 11 is 0. The van der Waals surface area contributed by atoms with Gasteiger partial charge in [0.15, 0.2) is 0 Å². The Hall–Kier alpha value is -1.02. The lowest BCUT2D eigenvalue weighted by molar-refractivity contribution is 0.335. The van der Waals surface area contributed by atoms with Crippen LogP contribution >= 0.6 is 0 Å². The molecule has 1 aromatic carbocycles. The predicted octanol–water partition coefficient (Wildman–Crippen LogP) is 3.49. The predicted molar refractivity (Wildman–Crippen MR) is 79.3 cm³/mol. The van der Waals surface area contributed by atoms with Gasteiger partial charge in [-0.2, -0.15) is 0 Å². The molecule has 1 aliphatic heterocycles. The quantitative estimate of drug-likeness (QED) is 0.802. The Morgan fingerprint density at radius 1 is 1.06 bits per heavy atom. The Bertz CT molecular complexity index is 389. The Labute approximate surface area is 112 Å². The lowest BCUT2D eigenvalue weighted by Crippen LogP contribution is -2.27. The molecule has 2 heteroatoms. The Kier molecular flexibility index (Phi) is 4.28. The van der Waals surface area contributed by atoms with Gasteiger partial charge >= 0.3 is 0 Å². The first-order chi connectivity index (χ1) is 8.61. The maximum absolute atomic E-state index is 2.57. The van der Waals surface area contributed by atoms with Gasteiger partial charge in [0, 0.05) is 18.8 Å². The fourth-order valence-corrected chi connectivity index (χ4v) is 3.06. The average molecular weight is 246 g/mol. The van der Waals surface area contributed by atoms with E-state index in [4.69, 9.17) is 0 Å². The number of unbranched alkanes of at least 4 members (excludes halogenated alkanes) is 1. The summed E-state index contributed by atoms with van der Waals surface area (Å²) in [6.07, 6.45) is 2.61. The van der Waals surface area contributed by atoms with Crippen molar-refractivity contribution in [1.29, 1.82) is 0 Å². The van der Waals surface area contributed by atoms with Crippen molar-refractivity contribution in [3.8, 4) is 0 Å². The molecule has 0 radical (unpaired) electrons. The smallest absolute Gasteiger partial charge is 0.0708 e. The van der Waals surface area contributed by atoms with Crippen LogP contribution < -0.4 is 4.90 Å². The highest BCUT2D eigenvalue weighted by atomic mass is 15.4. The monoisotopic (exact) mass is 246 g/mol. The topological polar surface area (TPSA) is 6.48 Å². The van der Waals surface area contributed by atoms with Crippen LogP contribution in [-0.4, -0.2) is 31.2 Å².